The molecule has 1 fully saturated rings. The van der Waals surface area contributed by atoms with E-state index in [1.54, 1.807) is 10.2 Å². The van der Waals surface area contributed by atoms with Crippen molar-refractivity contribution in [2.75, 3.05) is 0 Å². The molecule has 0 heterocycles. The second kappa shape index (κ2) is 6.48. The van der Waals surface area contributed by atoms with Crippen molar-refractivity contribution in [3.05, 3.63) is 30.3 Å². The molecule has 0 unspecified atom stereocenters. The number of hydrogen-bond donors (Lipinski definition) is 0. The van der Waals surface area contributed by atoms with Crippen molar-refractivity contribution in [2.24, 2.45) is 5.92 Å². The Hall–Kier alpha value is -0.241. The minimum absolute atomic E-state index is 0.260. The van der Waals surface area contributed by atoms with E-state index in [0.29, 0.717) is 11.0 Å². The van der Waals surface area contributed by atoms with Gasteiger partial charge in [-0.25, -0.2) is 0 Å². The summed E-state index contributed by atoms with van der Waals surface area (Å²) < 4.78 is 1.31. The average molecular weight is 299 g/mol. The third-order valence-corrected chi connectivity index (χ3v) is 7.02. The summed E-state index contributed by atoms with van der Waals surface area (Å²) in [6, 6.07) is 10.3. The quantitative estimate of drug-likeness (QED) is 0.798. The molecule has 0 radical (unpaired) electrons. The molecule has 1 saturated carbocycles. The van der Waals surface area contributed by atoms with Crippen molar-refractivity contribution in [2.45, 2.75) is 32.1 Å². The average Bonchev–Trinajstić information content (AvgIpc) is 2.38. The van der Waals surface area contributed by atoms with E-state index >= 15 is 0 Å². The second-order valence-electron chi connectivity index (χ2n) is 4.13. The first-order chi connectivity index (χ1) is 7.86. The SMILES string of the molecule is O=C(S[Se]c1ccccc1)C1CCCCC1. The van der Waals surface area contributed by atoms with Gasteiger partial charge in [-0.2, -0.15) is 0 Å². The van der Waals surface area contributed by atoms with Gasteiger partial charge in [0.05, 0.1) is 0 Å². The zero-order valence-electron chi connectivity index (χ0n) is 9.22. The van der Waals surface area contributed by atoms with Gasteiger partial charge in [0, 0.05) is 0 Å². The van der Waals surface area contributed by atoms with Gasteiger partial charge in [-0.05, 0) is 0 Å². The molecule has 1 aliphatic rings. The number of rotatable bonds is 3. The summed E-state index contributed by atoms with van der Waals surface area (Å²) in [4.78, 5) is 12.0. The van der Waals surface area contributed by atoms with Crippen molar-refractivity contribution in [1.82, 2.24) is 0 Å². The molecule has 0 aliphatic heterocycles. The maximum atomic E-state index is 12.0. The molecule has 0 saturated heterocycles. The van der Waals surface area contributed by atoms with E-state index in [4.69, 9.17) is 0 Å². The topological polar surface area (TPSA) is 17.1 Å². The van der Waals surface area contributed by atoms with Crippen LogP contribution in [0.5, 0.6) is 0 Å². The summed E-state index contributed by atoms with van der Waals surface area (Å²) in [5, 5.41) is 0.434. The summed E-state index contributed by atoms with van der Waals surface area (Å²) in [7, 11) is 1.56. The van der Waals surface area contributed by atoms with Crippen molar-refractivity contribution in [3.8, 4) is 0 Å². The van der Waals surface area contributed by atoms with Crippen LogP contribution in [0.2, 0.25) is 0 Å². The van der Waals surface area contributed by atoms with Gasteiger partial charge < -0.3 is 0 Å². The Bertz CT molecular complexity index is 333. The van der Waals surface area contributed by atoms with Crippen LogP contribution in [0.25, 0.3) is 0 Å². The van der Waals surface area contributed by atoms with Crippen LogP contribution >= 0.6 is 10.2 Å². The Morgan fingerprint density at radius 3 is 2.50 bits per heavy atom. The van der Waals surface area contributed by atoms with E-state index in [2.05, 4.69) is 12.1 Å². The number of hydrogen-bond acceptors (Lipinski definition) is 2. The normalized spacial score (nSPS) is 17.2. The minimum atomic E-state index is 0.260. The Balaban J connectivity index is 1.79. The van der Waals surface area contributed by atoms with Gasteiger partial charge in [-0.15, -0.1) is 0 Å². The Morgan fingerprint density at radius 2 is 1.81 bits per heavy atom. The molecule has 0 bridgehead atoms. The van der Waals surface area contributed by atoms with Gasteiger partial charge in [-0.3, -0.25) is 0 Å². The molecule has 1 aromatic carbocycles. The molecule has 1 aromatic rings. The van der Waals surface area contributed by atoms with E-state index in [9.17, 15) is 4.79 Å². The summed E-state index contributed by atoms with van der Waals surface area (Å²) >= 11 is 0.260. The Morgan fingerprint density at radius 1 is 1.12 bits per heavy atom. The zero-order chi connectivity index (χ0) is 11.2. The number of carbonyl (C=O) groups excluding carboxylic acids is 1. The molecule has 1 nitrogen and oxygen atoms in total. The van der Waals surface area contributed by atoms with Crippen LogP contribution in [0.4, 0.5) is 0 Å². The van der Waals surface area contributed by atoms with Crippen molar-refractivity contribution in [1.29, 1.82) is 0 Å². The number of benzene rings is 1. The van der Waals surface area contributed by atoms with Crippen molar-refractivity contribution in [3.63, 3.8) is 0 Å². The second-order valence-corrected chi connectivity index (χ2v) is 7.96. The molecule has 0 amide bonds. The molecule has 0 aromatic heterocycles. The molecule has 3 heteroatoms. The first-order valence-electron chi connectivity index (χ1n) is 5.79. The fraction of sp³-hybridized carbons (Fsp3) is 0.462. The molecular weight excluding hydrogens is 283 g/mol. The summed E-state index contributed by atoms with van der Waals surface area (Å²) in [5.41, 5.74) is 0. The summed E-state index contributed by atoms with van der Waals surface area (Å²) in [5.74, 6) is 0.351. The third kappa shape index (κ3) is 3.65. The molecule has 0 N–H and O–H groups in total. The van der Waals surface area contributed by atoms with E-state index < -0.39 is 0 Å². The van der Waals surface area contributed by atoms with Crippen LogP contribution in [0.15, 0.2) is 30.3 Å². The maximum absolute atomic E-state index is 12.0. The predicted molar refractivity (Wildman–Crippen MR) is 71.0 cm³/mol. The fourth-order valence-electron chi connectivity index (χ4n) is 1.97. The van der Waals surface area contributed by atoms with E-state index in [-0.39, 0.29) is 13.8 Å². The molecule has 1 aliphatic carbocycles. The van der Waals surface area contributed by atoms with Gasteiger partial charge in [-0.1, -0.05) is 0 Å². The fourth-order valence-corrected chi connectivity index (χ4v) is 5.64. The standard InChI is InChI=1S/C13H16OSSe/c14-13(11-7-3-1-4-8-11)15-16-12-9-5-2-6-10-12/h2,5-6,9-11H,1,3-4,7-8H2. The van der Waals surface area contributed by atoms with Crippen LogP contribution in [-0.2, 0) is 4.79 Å². The van der Waals surface area contributed by atoms with Gasteiger partial charge >= 0.3 is 107 Å². The van der Waals surface area contributed by atoms with Crippen molar-refractivity contribution < 1.29 is 4.79 Å². The van der Waals surface area contributed by atoms with Gasteiger partial charge in [0.1, 0.15) is 0 Å². The first-order valence-corrected chi connectivity index (χ1v) is 9.49. The Labute approximate surface area is 107 Å². The van der Waals surface area contributed by atoms with Gasteiger partial charge in [0.2, 0.25) is 0 Å². The number of carbonyl (C=O) groups is 1. The molecule has 16 heavy (non-hydrogen) atoms. The van der Waals surface area contributed by atoms with Crippen LogP contribution < -0.4 is 4.46 Å². The van der Waals surface area contributed by atoms with E-state index in [0.717, 1.165) is 12.8 Å². The molecule has 0 atom stereocenters. The summed E-state index contributed by atoms with van der Waals surface area (Å²) in [6.07, 6.45) is 6.05. The van der Waals surface area contributed by atoms with E-state index in [1.165, 1.54) is 23.7 Å². The van der Waals surface area contributed by atoms with Crippen LogP contribution in [-0.4, -0.2) is 19.0 Å². The van der Waals surface area contributed by atoms with Crippen LogP contribution in [0.3, 0.4) is 0 Å². The monoisotopic (exact) mass is 300 g/mol. The molecule has 86 valence electrons. The van der Waals surface area contributed by atoms with Gasteiger partial charge in [0.25, 0.3) is 0 Å². The van der Waals surface area contributed by atoms with E-state index in [1.807, 2.05) is 18.2 Å². The van der Waals surface area contributed by atoms with Crippen LogP contribution in [0, 0.1) is 5.92 Å². The van der Waals surface area contributed by atoms with Crippen LogP contribution in [0.1, 0.15) is 32.1 Å². The summed E-state index contributed by atoms with van der Waals surface area (Å²) in [6.45, 7) is 0. The molecule has 2 rings (SSSR count). The Kier molecular flexibility index (Phi) is 4.95. The first kappa shape index (κ1) is 12.2. The molecular formula is C13H16OSSe. The van der Waals surface area contributed by atoms with Crippen molar-refractivity contribution >= 4 is 33.6 Å². The predicted octanol–water partition coefficient (Wildman–Crippen LogP) is 2.77. The van der Waals surface area contributed by atoms with Gasteiger partial charge in [0.15, 0.2) is 0 Å². The molecule has 0 spiro atoms. The third-order valence-electron chi connectivity index (χ3n) is 2.90. The zero-order valence-corrected chi connectivity index (χ0v) is 11.8.